The van der Waals surface area contributed by atoms with Crippen molar-refractivity contribution in [3.8, 4) is 0 Å². The van der Waals surface area contributed by atoms with Crippen LogP contribution in [-0.4, -0.2) is 21.9 Å². The Labute approximate surface area is 110 Å². The molecule has 2 aromatic rings. The minimum absolute atomic E-state index is 0.125. The molecule has 1 aliphatic rings. The molecule has 1 aliphatic heterocycles. The van der Waals surface area contributed by atoms with Crippen molar-refractivity contribution in [3.05, 3.63) is 47.8 Å². The van der Waals surface area contributed by atoms with Gasteiger partial charge in [-0.2, -0.15) is 0 Å². The number of rotatable bonds is 2. The Morgan fingerprint density at radius 2 is 2.21 bits per heavy atom. The molecule has 0 bridgehead atoms. The van der Waals surface area contributed by atoms with Gasteiger partial charge in [-0.25, -0.2) is 9.37 Å². The van der Waals surface area contributed by atoms with Gasteiger partial charge < -0.3 is 15.2 Å². The molecule has 0 unspecified atom stereocenters. The molecule has 0 fully saturated rings. The average Bonchev–Trinajstić information content (AvgIpc) is 2.85. The summed E-state index contributed by atoms with van der Waals surface area (Å²) in [6.45, 7) is 2.12. The number of fused-ring (bicyclic) bond motifs is 1. The van der Waals surface area contributed by atoms with Crippen LogP contribution in [0.4, 0.5) is 10.1 Å². The summed E-state index contributed by atoms with van der Waals surface area (Å²) in [6.07, 6.45) is 3.69. The van der Waals surface area contributed by atoms with E-state index in [1.807, 2.05) is 11.1 Å². The molecule has 5 nitrogen and oxygen atoms in total. The molecule has 19 heavy (non-hydrogen) atoms. The Hall–Kier alpha value is -2.37. The molecule has 0 saturated carbocycles. The van der Waals surface area contributed by atoms with Gasteiger partial charge >= 0.3 is 0 Å². The zero-order valence-corrected chi connectivity index (χ0v) is 10.3. The molecule has 0 amide bonds. The molecular formula is C13H14FN5. The number of amidine groups is 1. The van der Waals surface area contributed by atoms with E-state index in [0.29, 0.717) is 17.8 Å². The molecule has 6 heteroatoms. The number of hydrogen-bond donors (Lipinski definition) is 2. The monoisotopic (exact) mass is 259 g/mol. The van der Waals surface area contributed by atoms with Crippen molar-refractivity contribution in [2.45, 2.75) is 13.1 Å². The number of hydrogen-bond acceptors (Lipinski definition) is 3. The first-order valence-electron chi connectivity index (χ1n) is 6.04. The van der Waals surface area contributed by atoms with Crippen LogP contribution in [0.5, 0.6) is 0 Å². The third-order valence-corrected chi connectivity index (χ3v) is 3.34. The van der Waals surface area contributed by atoms with Crippen molar-refractivity contribution < 1.29 is 4.39 Å². The van der Waals surface area contributed by atoms with Crippen LogP contribution in [0.2, 0.25) is 0 Å². The van der Waals surface area contributed by atoms with Gasteiger partial charge in [-0.05, 0) is 18.2 Å². The first kappa shape index (κ1) is 11.7. The number of imidazole rings is 1. The van der Waals surface area contributed by atoms with Crippen molar-refractivity contribution >= 4 is 11.5 Å². The SMILES string of the molecule is N=C(N)c1ccc(N2CCn3ccnc3C2)c(F)c1. The molecule has 2 heterocycles. The third-order valence-electron chi connectivity index (χ3n) is 3.34. The Morgan fingerprint density at radius 3 is 2.95 bits per heavy atom. The van der Waals surface area contributed by atoms with Gasteiger partial charge in [0, 0.05) is 31.0 Å². The summed E-state index contributed by atoms with van der Waals surface area (Å²) in [5.74, 6) is 0.452. The van der Waals surface area contributed by atoms with Gasteiger partial charge in [-0.15, -0.1) is 0 Å². The second-order valence-electron chi connectivity index (χ2n) is 4.54. The van der Waals surface area contributed by atoms with Gasteiger partial charge in [0.15, 0.2) is 0 Å². The summed E-state index contributed by atoms with van der Waals surface area (Å²) < 4.78 is 16.1. The van der Waals surface area contributed by atoms with Crippen LogP contribution in [0.1, 0.15) is 11.4 Å². The second-order valence-corrected chi connectivity index (χ2v) is 4.54. The van der Waals surface area contributed by atoms with E-state index >= 15 is 0 Å². The van der Waals surface area contributed by atoms with Crippen molar-refractivity contribution in [3.63, 3.8) is 0 Å². The maximum Gasteiger partial charge on any atom is 0.147 e. The van der Waals surface area contributed by atoms with Crippen LogP contribution in [0.3, 0.4) is 0 Å². The summed E-state index contributed by atoms with van der Waals surface area (Å²) >= 11 is 0. The molecule has 0 atom stereocenters. The zero-order chi connectivity index (χ0) is 13.4. The Bertz CT molecular complexity index is 634. The van der Waals surface area contributed by atoms with Gasteiger partial charge in [0.1, 0.15) is 17.5 Å². The lowest BCUT2D eigenvalue weighted by atomic mass is 10.1. The molecule has 0 radical (unpaired) electrons. The average molecular weight is 259 g/mol. The first-order chi connectivity index (χ1) is 9.15. The fraction of sp³-hybridized carbons (Fsp3) is 0.231. The number of benzene rings is 1. The standard InChI is InChI=1S/C13H14FN5/c14-10-7-9(13(15)16)1-2-11(10)19-6-5-18-4-3-17-12(18)8-19/h1-4,7H,5-6,8H2,(H3,15,16). The molecular weight excluding hydrogens is 245 g/mol. The van der Waals surface area contributed by atoms with Crippen molar-refractivity contribution in [2.24, 2.45) is 5.73 Å². The lowest BCUT2D eigenvalue weighted by Crippen LogP contribution is -2.34. The van der Waals surface area contributed by atoms with E-state index in [0.717, 1.165) is 18.9 Å². The highest BCUT2D eigenvalue weighted by molar-refractivity contribution is 5.95. The Morgan fingerprint density at radius 1 is 1.37 bits per heavy atom. The van der Waals surface area contributed by atoms with E-state index in [-0.39, 0.29) is 11.7 Å². The van der Waals surface area contributed by atoms with Crippen molar-refractivity contribution in [2.75, 3.05) is 11.4 Å². The van der Waals surface area contributed by atoms with E-state index in [9.17, 15) is 4.39 Å². The highest BCUT2D eigenvalue weighted by Crippen LogP contribution is 2.24. The second kappa shape index (κ2) is 4.38. The number of nitrogens with zero attached hydrogens (tertiary/aromatic N) is 3. The molecule has 1 aromatic heterocycles. The largest absolute Gasteiger partial charge is 0.384 e. The summed E-state index contributed by atoms with van der Waals surface area (Å²) in [6, 6.07) is 4.64. The minimum Gasteiger partial charge on any atom is -0.384 e. The lowest BCUT2D eigenvalue weighted by molar-refractivity contribution is 0.544. The van der Waals surface area contributed by atoms with Crippen LogP contribution < -0.4 is 10.6 Å². The maximum atomic E-state index is 14.1. The quantitative estimate of drug-likeness (QED) is 0.631. The highest BCUT2D eigenvalue weighted by atomic mass is 19.1. The van der Waals surface area contributed by atoms with E-state index in [4.69, 9.17) is 11.1 Å². The summed E-state index contributed by atoms with van der Waals surface area (Å²) in [7, 11) is 0. The fourth-order valence-electron chi connectivity index (χ4n) is 2.31. The Balaban J connectivity index is 1.90. The van der Waals surface area contributed by atoms with E-state index in [1.165, 1.54) is 6.07 Å². The van der Waals surface area contributed by atoms with Crippen LogP contribution in [0.25, 0.3) is 0 Å². The topological polar surface area (TPSA) is 70.9 Å². The van der Waals surface area contributed by atoms with Crippen LogP contribution in [0.15, 0.2) is 30.6 Å². The van der Waals surface area contributed by atoms with E-state index in [2.05, 4.69) is 9.55 Å². The zero-order valence-electron chi connectivity index (χ0n) is 10.3. The van der Waals surface area contributed by atoms with Gasteiger partial charge in [-0.1, -0.05) is 0 Å². The molecule has 0 spiro atoms. The molecule has 3 N–H and O–H groups in total. The lowest BCUT2D eigenvalue weighted by Gasteiger charge is -2.29. The highest BCUT2D eigenvalue weighted by Gasteiger charge is 2.19. The molecule has 3 rings (SSSR count). The Kier molecular flexibility index (Phi) is 2.70. The van der Waals surface area contributed by atoms with Gasteiger partial charge in [0.2, 0.25) is 0 Å². The molecule has 0 saturated heterocycles. The molecule has 0 aliphatic carbocycles. The molecule has 1 aromatic carbocycles. The normalized spacial score (nSPS) is 14.3. The third kappa shape index (κ3) is 2.05. The number of aromatic nitrogens is 2. The van der Waals surface area contributed by atoms with E-state index in [1.54, 1.807) is 18.3 Å². The maximum absolute atomic E-state index is 14.1. The van der Waals surface area contributed by atoms with E-state index < -0.39 is 0 Å². The predicted molar refractivity (Wildman–Crippen MR) is 70.7 cm³/mol. The smallest absolute Gasteiger partial charge is 0.147 e. The number of anilines is 1. The predicted octanol–water partition coefficient (Wildman–Crippen LogP) is 1.33. The summed E-state index contributed by atoms with van der Waals surface area (Å²) in [5, 5.41) is 7.31. The molecule has 98 valence electrons. The van der Waals surface area contributed by atoms with Gasteiger partial charge in [0.25, 0.3) is 0 Å². The summed E-state index contributed by atoms with van der Waals surface area (Å²) in [4.78, 5) is 6.20. The van der Waals surface area contributed by atoms with Crippen molar-refractivity contribution in [1.29, 1.82) is 5.41 Å². The van der Waals surface area contributed by atoms with Gasteiger partial charge in [-0.3, -0.25) is 5.41 Å². The number of nitrogens with two attached hydrogens (primary N) is 1. The first-order valence-corrected chi connectivity index (χ1v) is 6.04. The number of nitrogens with one attached hydrogen (secondary N) is 1. The van der Waals surface area contributed by atoms with Crippen molar-refractivity contribution in [1.82, 2.24) is 9.55 Å². The summed E-state index contributed by atoms with van der Waals surface area (Å²) in [5.41, 5.74) is 6.28. The van der Waals surface area contributed by atoms with Crippen LogP contribution >= 0.6 is 0 Å². The number of nitrogen functional groups attached to an aromatic ring is 1. The minimum atomic E-state index is -0.354. The fourth-order valence-corrected chi connectivity index (χ4v) is 2.31. The van der Waals surface area contributed by atoms with Crippen LogP contribution in [0, 0.1) is 11.2 Å². The van der Waals surface area contributed by atoms with Gasteiger partial charge in [0.05, 0.1) is 12.2 Å². The number of halogens is 1. The van der Waals surface area contributed by atoms with Crippen LogP contribution in [-0.2, 0) is 13.1 Å².